The van der Waals surface area contributed by atoms with Crippen LogP contribution in [0.15, 0.2) is 0 Å². The Labute approximate surface area is 68.8 Å². The Bertz CT molecular complexity index is 187. The summed E-state index contributed by atoms with van der Waals surface area (Å²) in [7, 11) is 0. The Morgan fingerprint density at radius 1 is 1.64 bits per heavy atom. The van der Waals surface area contributed by atoms with Crippen LogP contribution in [0, 0.1) is 17.8 Å². The van der Waals surface area contributed by atoms with Crippen molar-refractivity contribution in [1.82, 2.24) is 0 Å². The molecule has 0 aliphatic heterocycles. The van der Waals surface area contributed by atoms with E-state index in [0.717, 1.165) is 25.7 Å². The lowest BCUT2D eigenvalue weighted by Crippen LogP contribution is -2.29. The van der Waals surface area contributed by atoms with Crippen molar-refractivity contribution in [2.45, 2.75) is 45.1 Å². The van der Waals surface area contributed by atoms with Gasteiger partial charge >= 0.3 is 0 Å². The maximum atomic E-state index is 9.92. The van der Waals surface area contributed by atoms with Gasteiger partial charge in [-0.1, -0.05) is 19.8 Å². The summed E-state index contributed by atoms with van der Waals surface area (Å²) < 4.78 is 0. The summed E-state index contributed by atoms with van der Waals surface area (Å²) in [4.78, 5) is 0. The summed E-state index contributed by atoms with van der Waals surface area (Å²) in [5.74, 6) is 6.29. The summed E-state index contributed by atoms with van der Waals surface area (Å²) in [5, 5.41) is 9.92. The fraction of sp³-hybridized carbons (Fsp3) is 0.800. The van der Waals surface area contributed by atoms with E-state index >= 15 is 0 Å². The van der Waals surface area contributed by atoms with Crippen LogP contribution >= 0.6 is 0 Å². The minimum Gasteiger partial charge on any atom is -0.377 e. The fourth-order valence-corrected chi connectivity index (χ4v) is 1.59. The van der Waals surface area contributed by atoms with E-state index in [0.29, 0.717) is 5.92 Å². The molecule has 0 aromatic rings. The molecule has 1 heteroatoms. The first-order valence-electron chi connectivity index (χ1n) is 4.41. The molecular formula is C10H16O. The Kier molecular flexibility index (Phi) is 2.57. The molecule has 0 radical (unpaired) electrons. The maximum absolute atomic E-state index is 9.92. The Hall–Kier alpha value is -0.480. The normalized spacial score (nSPS) is 36.5. The molecule has 2 unspecified atom stereocenters. The zero-order valence-corrected chi connectivity index (χ0v) is 7.35. The van der Waals surface area contributed by atoms with Gasteiger partial charge < -0.3 is 5.11 Å². The molecule has 1 fully saturated rings. The third kappa shape index (κ3) is 1.75. The van der Waals surface area contributed by atoms with Crippen molar-refractivity contribution in [1.29, 1.82) is 0 Å². The van der Waals surface area contributed by atoms with E-state index in [2.05, 4.69) is 18.8 Å². The van der Waals surface area contributed by atoms with Crippen LogP contribution in [0.5, 0.6) is 0 Å². The van der Waals surface area contributed by atoms with Crippen molar-refractivity contribution in [3.63, 3.8) is 0 Å². The third-order valence-electron chi connectivity index (χ3n) is 2.49. The van der Waals surface area contributed by atoms with Gasteiger partial charge in [0, 0.05) is 6.42 Å². The van der Waals surface area contributed by atoms with Crippen LogP contribution in [-0.2, 0) is 0 Å². The zero-order chi connectivity index (χ0) is 8.32. The molecule has 0 saturated heterocycles. The lowest BCUT2D eigenvalue weighted by molar-refractivity contribution is 0.0686. The molecule has 62 valence electrons. The van der Waals surface area contributed by atoms with Gasteiger partial charge in [-0.15, -0.1) is 5.92 Å². The molecule has 0 aromatic carbocycles. The van der Waals surface area contributed by atoms with Gasteiger partial charge in [-0.05, 0) is 25.2 Å². The second-order valence-corrected chi connectivity index (χ2v) is 3.37. The predicted molar refractivity (Wildman–Crippen MR) is 46.0 cm³/mol. The SMILES string of the molecule is CCC#CC1(O)CCCC1C. The van der Waals surface area contributed by atoms with Gasteiger partial charge in [0.05, 0.1) is 0 Å². The largest absolute Gasteiger partial charge is 0.377 e. The molecule has 1 aliphatic carbocycles. The molecular weight excluding hydrogens is 136 g/mol. The van der Waals surface area contributed by atoms with Crippen molar-refractivity contribution in [3.05, 3.63) is 0 Å². The van der Waals surface area contributed by atoms with E-state index < -0.39 is 5.60 Å². The quantitative estimate of drug-likeness (QED) is 0.526. The molecule has 1 N–H and O–H groups in total. The van der Waals surface area contributed by atoms with E-state index in [1.54, 1.807) is 0 Å². The molecule has 1 rings (SSSR count). The number of aliphatic hydroxyl groups is 1. The van der Waals surface area contributed by atoms with E-state index in [1.165, 1.54) is 0 Å². The van der Waals surface area contributed by atoms with Crippen LogP contribution in [0.3, 0.4) is 0 Å². The number of hydrogen-bond donors (Lipinski definition) is 1. The Morgan fingerprint density at radius 2 is 2.36 bits per heavy atom. The molecule has 0 bridgehead atoms. The zero-order valence-electron chi connectivity index (χ0n) is 7.35. The first-order valence-corrected chi connectivity index (χ1v) is 4.41. The second-order valence-electron chi connectivity index (χ2n) is 3.37. The van der Waals surface area contributed by atoms with Gasteiger partial charge in [0.2, 0.25) is 0 Å². The topological polar surface area (TPSA) is 20.2 Å². The van der Waals surface area contributed by atoms with Crippen molar-refractivity contribution in [2.75, 3.05) is 0 Å². The minimum absolute atomic E-state index is 0.363. The molecule has 1 aliphatic rings. The number of hydrogen-bond acceptors (Lipinski definition) is 1. The van der Waals surface area contributed by atoms with Crippen LogP contribution < -0.4 is 0 Å². The first kappa shape index (κ1) is 8.62. The number of rotatable bonds is 0. The average Bonchev–Trinajstić information content (AvgIpc) is 2.30. The van der Waals surface area contributed by atoms with Crippen LogP contribution in [0.1, 0.15) is 39.5 Å². The first-order chi connectivity index (χ1) is 5.19. The molecule has 0 amide bonds. The Morgan fingerprint density at radius 3 is 2.82 bits per heavy atom. The van der Waals surface area contributed by atoms with E-state index in [-0.39, 0.29) is 0 Å². The summed E-state index contributed by atoms with van der Waals surface area (Å²) in [6.45, 7) is 4.09. The smallest absolute Gasteiger partial charge is 0.128 e. The lowest BCUT2D eigenvalue weighted by Gasteiger charge is -2.20. The highest BCUT2D eigenvalue weighted by atomic mass is 16.3. The fourth-order valence-electron chi connectivity index (χ4n) is 1.59. The predicted octanol–water partition coefficient (Wildman–Crippen LogP) is 1.95. The van der Waals surface area contributed by atoms with Gasteiger partial charge in [-0.2, -0.15) is 0 Å². The van der Waals surface area contributed by atoms with Crippen molar-refractivity contribution in [2.24, 2.45) is 5.92 Å². The Balaban J connectivity index is 2.65. The van der Waals surface area contributed by atoms with Gasteiger partial charge in [-0.3, -0.25) is 0 Å². The minimum atomic E-state index is -0.657. The lowest BCUT2D eigenvalue weighted by atomic mass is 9.93. The standard InChI is InChI=1S/C10H16O/c1-3-4-7-10(11)8-5-6-9(10)2/h9,11H,3,5-6,8H2,1-2H3. The van der Waals surface area contributed by atoms with Crippen LogP contribution in [-0.4, -0.2) is 10.7 Å². The van der Waals surface area contributed by atoms with E-state index in [1.807, 2.05) is 6.92 Å². The molecule has 0 spiro atoms. The summed E-state index contributed by atoms with van der Waals surface area (Å²) in [6.07, 6.45) is 3.95. The third-order valence-corrected chi connectivity index (χ3v) is 2.49. The van der Waals surface area contributed by atoms with Crippen molar-refractivity contribution >= 4 is 0 Å². The summed E-state index contributed by atoms with van der Waals surface area (Å²) in [5.41, 5.74) is -0.657. The van der Waals surface area contributed by atoms with Gasteiger partial charge in [0.1, 0.15) is 5.60 Å². The highest BCUT2D eigenvalue weighted by Gasteiger charge is 2.36. The van der Waals surface area contributed by atoms with Crippen molar-refractivity contribution in [3.8, 4) is 11.8 Å². The second kappa shape index (κ2) is 3.28. The van der Waals surface area contributed by atoms with E-state index in [9.17, 15) is 5.11 Å². The van der Waals surface area contributed by atoms with Crippen LogP contribution in [0.4, 0.5) is 0 Å². The van der Waals surface area contributed by atoms with Gasteiger partial charge in [-0.25, -0.2) is 0 Å². The molecule has 2 atom stereocenters. The average molecular weight is 152 g/mol. The van der Waals surface area contributed by atoms with Crippen LogP contribution in [0.25, 0.3) is 0 Å². The van der Waals surface area contributed by atoms with E-state index in [4.69, 9.17) is 0 Å². The molecule has 1 nitrogen and oxygen atoms in total. The monoisotopic (exact) mass is 152 g/mol. The van der Waals surface area contributed by atoms with Gasteiger partial charge in [0.25, 0.3) is 0 Å². The molecule has 0 heterocycles. The highest BCUT2D eigenvalue weighted by molar-refractivity contribution is 5.17. The molecule has 11 heavy (non-hydrogen) atoms. The summed E-state index contributed by atoms with van der Waals surface area (Å²) in [6, 6.07) is 0. The van der Waals surface area contributed by atoms with Crippen LogP contribution in [0.2, 0.25) is 0 Å². The summed E-state index contributed by atoms with van der Waals surface area (Å²) >= 11 is 0. The molecule has 1 saturated carbocycles. The maximum Gasteiger partial charge on any atom is 0.128 e. The van der Waals surface area contributed by atoms with Gasteiger partial charge in [0.15, 0.2) is 0 Å². The molecule has 0 aromatic heterocycles. The highest BCUT2D eigenvalue weighted by Crippen LogP contribution is 2.34. The van der Waals surface area contributed by atoms with Crippen molar-refractivity contribution < 1.29 is 5.11 Å².